The van der Waals surface area contributed by atoms with E-state index in [1.807, 2.05) is 66.9 Å². The molecule has 1 heterocycles. The smallest absolute Gasteiger partial charge is 0.231 e. The van der Waals surface area contributed by atoms with Crippen molar-refractivity contribution in [3.05, 3.63) is 84.1 Å². The first-order chi connectivity index (χ1) is 17.0. The Balaban J connectivity index is 0.00000361. The molecule has 1 atom stereocenters. The Morgan fingerprint density at radius 2 is 1.56 bits per heavy atom. The standard InChI is InChI=1S/C30H41N2O3.BrH/c1-32(2,21-14-22-34-27-19-12-7-13-20-27)24-28-23-31-29(35-28)30(33,26-17-10-6-11-18-26)25-15-8-4-3-5-9-16-25;/h6-7,10-13,17-20,23,25,33H,3-5,8-9,14-16,21-22,24H2,1-2H3;1H/q+1;/p-1. The Bertz CT molecular complexity index is 1020. The van der Waals surface area contributed by atoms with Crippen LogP contribution in [-0.4, -0.2) is 41.8 Å². The van der Waals surface area contributed by atoms with Crippen molar-refractivity contribution in [2.45, 2.75) is 63.5 Å². The number of halogens is 1. The summed E-state index contributed by atoms with van der Waals surface area (Å²) in [6.45, 7) is 2.35. The Hall–Kier alpha value is -2.15. The highest BCUT2D eigenvalue weighted by Gasteiger charge is 2.44. The van der Waals surface area contributed by atoms with E-state index in [-0.39, 0.29) is 22.9 Å². The zero-order chi connectivity index (χ0) is 24.6. The van der Waals surface area contributed by atoms with Gasteiger partial charge in [-0.15, -0.1) is 0 Å². The van der Waals surface area contributed by atoms with Crippen LogP contribution in [0.25, 0.3) is 0 Å². The first-order valence-corrected chi connectivity index (χ1v) is 13.2. The van der Waals surface area contributed by atoms with Crippen molar-refractivity contribution >= 4 is 0 Å². The third kappa shape index (κ3) is 7.44. The molecule has 2 aromatic carbocycles. The van der Waals surface area contributed by atoms with Gasteiger partial charge in [-0.25, -0.2) is 4.98 Å². The third-order valence-electron chi connectivity index (χ3n) is 7.29. The van der Waals surface area contributed by atoms with Crippen molar-refractivity contribution in [1.29, 1.82) is 0 Å². The summed E-state index contributed by atoms with van der Waals surface area (Å²) in [7, 11) is 4.39. The molecule has 1 fully saturated rings. The molecule has 196 valence electrons. The minimum atomic E-state index is -1.20. The number of nitrogens with zero attached hydrogens (tertiary/aromatic N) is 2. The Morgan fingerprint density at radius 1 is 0.944 bits per heavy atom. The van der Waals surface area contributed by atoms with Crippen molar-refractivity contribution < 1.29 is 35.7 Å². The molecular formula is C30H41BrN2O3. The predicted octanol–water partition coefficient (Wildman–Crippen LogP) is 3.32. The van der Waals surface area contributed by atoms with Crippen LogP contribution in [0.15, 0.2) is 71.3 Å². The Morgan fingerprint density at radius 3 is 2.22 bits per heavy atom. The second-order valence-electron chi connectivity index (χ2n) is 10.6. The van der Waals surface area contributed by atoms with Gasteiger partial charge in [0.2, 0.25) is 5.89 Å². The van der Waals surface area contributed by atoms with Crippen LogP contribution < -0.4 is 21.7 Å². The maximum Gasteiger partial charge on any atom is 0.231 e. The van der Waals surface area contributed by atoms with E-state index in [9.17, 15) is 5.11 Å². The minimum Gasteiger partial charge on any atom is -1.00 e. The summed E-state index contributed by atoms with van der Waals surface area (Å²) in [5, 5.41) is 12.2. The molecule has 1 N–H and O–H groups in total. The number of benzene rings is 2. The van der Waals surface area contributed by atoms with E-state index in [1.165, 1.54) is 19.3 Å². The number of aromatic nitrogens is 1. The highest BCUT2D eigenvalue weighted by molar-refractivity contribution is 5.30. The van der Waals surface area contributed by atoms with Crippen LogP contribution >= 0.6 is 0 Å². The van der Waals surface area contributed by atoms with Gasteiger partial charge in [0, 0.05) is 12.3 Å². The van der Waals surface area contributed by atoms with Gasteiger partial charge in [0.25, 0.3) is 0 Å². The fourth-order valence-corrected chi connectivity index (χ4v) is 5.36. The van der Waals surface area contributed by atoms with Crippen molar-refractivity contribution in [2.24, 2.45) is 5.92 Å². The van der Waals surface area contributed by atoms with Crippen molar-refractivity contribution in [2.75, 3.05) is 27.2 Å². The van der Waals surface area contributed by atoms with Gasteiger partial charge in [0.05, 0.1) is 33.4 Å². The number of para-hydroxylation sites is 1. The van der Waals surface area contributed by atoms with Gasteiger partial charge in [0.1, 0.15) is 12.3 Å². The predicted molar refractivity (Wildman–Crippen MR) is 139 cm³/mol. The molecule has 0 amide bonds. The maximum atomic E-state index is 12.2. The molecule has 0 spiro atoms. The SMILES string of the molecule is C[N+](C)(CCCOc1ccccc1)Cc1cnc(C(O)(c2ccccc2)C2CCCCCCC2)o1.[Br-]. The molecule has 0 radical (unpaired) electrons. The minimum absolute atomic E-state index is 0. The maximum absolute atomic E-state index is 12.2. The molecule has 1 saturated carbocycles. The Kier molecular flexibility index (Phi) is 10.6. The van der Waals surface area contributed by atoms with Gasteiger partial charge in [0.15, 0.2) is 11.4 Å². The number of rotatable bonds is 10. The summed E-state index contributed by atoms with van der Waals surface area (Å²) in [5.41, 5.74) is -0.317. The molecule has 1 aliphatic carbocycles. The van der Waals surface area contributed by atoms with Gasteiger partial charge in [-0.2, -0.15) is 0 Å². The van der Waals surface area contributed by atoms with Crippen molar-refractivity contribution in [3.63, 3.8) is 0 Å². The quantitative estimate of drug-likeness (QED) is 0.307. The van der Waals surface area contributed by atoms with E-state index in [0.29, 0.717) is 19.0 Å². The molecule has 0 saturated heterocycles. The summed E-state index contributed by atoms with van der Waals surface area (Å²) in [6, 6.07) is 19.9. The highest BCUT2D eigenvalue weighted by Crippen LogP contribution is 2.42. The lowest BCUT2D eigenvalue weighted by atomic mass is 9.74. The van der Waals surface area contributed by atoms with E-state index in [4.69, 9.17) is 9.15 Å². The summed E-state index contributed by atoms with van der Waals surface area (Å²) in [5.74, 6) is 2.27. The van der Waals surface area contributed by atoms with Crippen LogP contribution in [0.4, 0.5) is 0 Å². The molecule has 0 bridgehead atoms. The summed E-state index contributed by atoms with van der Waals surface area (Å²) >= 11 is 0. The van der Waals surface area contributed by atoms with Crippen LogP contribution in [0.2, 0.25) is 0 Å². The molecule has 1 aromatic heterocycles. The first-order valence-electron chi connectivity index (χ1n) is 13.2. The number of quaternary nitrogens is 1. The summed E-state index contributed by atoms with van der Waals surface area (Å²) < 4.78 is 13.0. The molecule has 5 nitrogen and oxygen atoms in total. The number of hydrogen-bond donors (Lipinski definition) is 1. The highest BCUT2D eigenvalue weighted by atomic mass is 79.9. The molecule has 36 heavy (non-hydrogen) atoms. The normalized spacial score (nSPS) is 16.9. The zero-order valence-electron chi connectivity index (χ0n) is 21.7. The van der Waals surface area contributed by atoms with E-state index in [0.717, 1.165) is 60.2 Å². The van der Waals surface area contributed by atoms with Crippen LogP contribution in [0.5, 0.6) is 5.75 Å². The van der Waals surface area contributed by atoms with Gasteiger partial charge < -0.3 is 35.7 Å². The zero-order valence-corrected chi connectivity index (χ0v) is 23.3. The van der Waals surface area contributed by atoms with Gasteiger partial charge in [-0.3, -0.25) is 0 Å². The second-order valence-corrected chi connectivity index (χ2v) is 10.6. The fourth-order valence-electron chi connectivity index (χ4n) is 5.36. The monoisotopic (exact) mass is 556 g/mol. The molecular weight excluding hydrogens is 516 g/mol. The van der Waals surface area contributed by atoms with Crippen LogP contribution in [0, 0.1) is 5.92 Å². The fraction of sp³-hybridized carbons (Fsp3) is 0.500. The van der Waals surface area contributed by atoms with Gasteiger partial charge in [-0.1, -0.05) is 80.6 Å². The molecule has 1 unspecified atom stereocenters. The van der Waals surface area contributed by atoms with E-state index >= 15 is 0 Å². The van der Waals surface area contributed by atoms with Gasteiger partial charge in [-0.05, 0) is 30.5 Å². The second kappa shape index (κ2) is 13.4. The lowest BCUT2D eigenvalue weighted by molar-refractivity contribution is -0.904. The van der Waals surface area contributed by atoms with Crippen molar-refractivity contribution in [3.8, 4) is 5.75 Å². The summed E-state index contributed by atoms with van der Waals surface area (Å²) in [6.07, 6.45) is 10.8. The number of hydrogen-bond acceptors (Lipinski definition) is 4. The molecule has 6 heteroatoms. The third-order valence-corrected chi connectivity index (χ3v) is 7.29. The lowest BCUT2D eigenvalue weighted by Gasteiger charge is -2.35. The van der Waals surface area contributed by atoms with E-state index in [2.05, 4.69) is 19.1 Å². The van der Waals surface area contributed by atoms with Crippen LogP contribution in [0.1, 0.15) is 68.6 Å². The molecule has 3 aromatic rings. The number of ether oxygens (including phenoxy) is 1. The lowest BCUT2D eigenvalue weighted by Crippen LogP contribution is -3.00. The number of oxazole rings is 1. The van der Waals surface area contributed by atoms with Gasteiger partial charge >= 0.3 is 0 Å². The average Bonchev–Trinajstić information content (AvgIpc) is 3.31. The first kappa shape index (κ1) is 28.4. The van der Waals surface area contributed by atoms with Crippen LogP contribution in [-0.2, 0) is 12.1 Å². The number of aliphatic hydroxyl groups is 1. The molecule has 4 rings (SSSR count). The van der Waals surface area contributed by atoms with E-state index < -0.39 is 5.60 Å². The average molecular weight is 558 g/mol. The van der Waals surface area contributed by atoms with Crippen LogP contribution in [0.3, 0.4) is 0 Å². The van der Waals surface area contributed by atoms with Crippen molar-refractivity contribution in [1.82, 2.24) is 4.98 Å². The topological polar surface area (TPSA) is 55.5 Å². The largest absolute Gasteiger partial charge is 1.00 e. The summed E-state index contributed by atoms with van der Waals surface area (Å²) in [4.78, 5) is 4.66. The molecule has 1 aliphatic rings. The molecule has 0 aliphatic heterocycles. The van der Waals surface area contributed by atoms with E-state index in [1.54, 1.807) is 0 Å². The Labute approximate surface area is 226 Å².